The van der Waals surface area contributed by atoms with Crippen molar-refractivity contribution < 1.29 is 19.4 Å². The summed E-state index contributed by atoms with van der Waals surface area (Å²) >= 11 is 0. The van der Waals surface area contributed by atoms with E-state index in [1.165, 1.54) is 11.1 Å². The van der Waals surface area contributed by atoms with Crippen LogP contribution in [0.1, 0.15) is 31.9 Å². The zero-order valence-electron chi connectivity index (χ0n) is 15.6. The van der Waals surface area contributed by atoms with Crippen molar-refractivity contribution >= 4 is 5.97 Å². The van der Waals surface area contributed by atoms with Crippen molar-refractivity contribution in [3.05, 3.63) is 77.9 Å². The summed E-state index contributed by atoms with van der Waals surface area (Å²) in [6.45, 7) is 9.33. The van der Waals surface area contributed by atoms with Crippen molar-refractivity contribution in [2.75, 3.05) is 13.2 Å². The molecule has 1 unspecified atom stereocenters. The molecule has 0 heterocycles. The number of aliphatic hydroxyl groups is 1. The van der Waals surface area contributed by atoms with Crippen LogP contribution in [0.4, 0.5) is 0 Å². The van der Waals surface area contributed by atoms with Gasteiger partial charge in [-0.2, -0.15) is 0 Å². The summed E-state index contributed by atoms with van der Waals surface area (Å²) < 4.78 is 10.5. The van der Waals surface area contributed by atoms with Crippen LogP contribution in [0.15, 0.2) is 66.7 Å². The number of esters is 1. The van der Waals surface area contributed by atoms with E-state index in [9.17, 15) is 9.90 Å². The number of ether oxygens (including phenoxy) is 2. The first-order chi connectivity index (χ1) is 12.3. The van der Waals surface area contributed by atoms with Gasteiger partial charge in [0.1, 0.15) is 25.1 Å². The standard InChI is InChI=1S/C22H26O4/c1-16(2)21(24)26-15-19(23)14-25-20-12-10-18(11-13-20)22(3,4)17-8-6-5-7-9-17/h5-13,19,23H,1,14-15H2,2-4H3. The molecule has 4 nitrogen and oxygen atoms in total. The number of carbonyl (C=O) groups is 1. The molecule has 0 bridgehead atoms. The quantitative estimate of drug-likeness (QED) is 0.577. The fourth-order valence-corrected chi connectivity index (χ4v) is 2.52. The second-order valence-electron chi connectivity index (χ2n) is 6.86. The predicted octanol–water partition coefficient (Wildman–Crippen LogP) is 3.87. The normalized spacial score (nSPS) is 12.3. The summed E-state index contributed by atoms with van der Waals surface area (Å²) in [5.74, 6) is 0.138. The molecule has 0 radical (unpaired) electrons. The Kier molecular flexibility index (Phi) is 6.58. The molecule has 0 fully saturated rings. The zero-order valence-corrected chi connectivity index (χ0v) is 15.6. The van der Waals surface area contributed by atoms with Crippen LogP contribution in [0.3, 0.4) is 0 Å². The molecule has 0 amide bonds. The third kappa shape index (κ3) is 5.20. The molecule has 4 heteroatoms. The van der Waals surface area contributed by atoms with Crippen molar-refractivity contribution in [2.45, 2.75) is 32.3 Å². The topological polar surface area (TPSA) is 55.8 Å². The number of benzene rings is 2. The lowest BCUT2D eigenvalue weighted by molar-refractivity contribution is -0.142. The predicted molar refractivity (Wildman–Crippen MR) is 102 cm³/mol. The maximum atomic E-state index is 11.3. The molecule has 0 saturated heterocycles. The molecule has 0 saturated carbocycles. The van der Waals surface area contributed by atoms with E-state index in [0.717, 1.165) is 0 Å². The van der Waals surface area contributed by atoms with Gasteiger partial charge in [-0.3, -0.25) is 0 Å². The van der Waals surface area contributed by atoms with Crippen LogP contribution >= 0.6 is 0 Å². The van der Waals surface area contributed by atoms with Crippen LogP contribution < -0.4 is 4.74 Å². The van der Waals surface area contributed by atoms with E-state index in [4.69, 9.17) is 9.47 Å². The van der Waals surface area contributed by atoms with E-state index in [1.54, 1.807) is 6.92 Å². The van der Waals surface area contributed by atoms with Crippen LogP contribution in [0.2, 0.25) is 0 Å². The monoisotopic (exact) mass is 354 g/mol. The van der Waals surface area contributed by atoms with Crippen LogP contribution in [-0.4, -0.2) is 30.4 Å². The molecule has 0 aliphatic carbocycles. The van der Waals surface area contributed by atoms with Crippen LogP contribution in [0.25, 0.3) is 0 Å². The summed E-state index contributed by atoms with van der Waals surface area (Å²) in [5, 5.41) is 9.84. The molecule has 2 aromatic rings. The first kappa shape index (κ1) is 19.7. The summed E-state index contributed by atoms with van der Waals surface area (Å²) in [5.41, 5.74) is 2.60. The maximum Gasteiger partial charge on any atom is 0.333 e. The highest BCUT2D eigenvalue weighted by Crippen LogP contribution is 2.32. The van der Waals surface area contributed by atoms with Gasteiger partial charge in [0.25, 0.3) is 0 Å². The van der Waals surface area contributed by atoms with Crippen LogP contribution in [-0.2, 0) is 14.9 Å². The van der Waals surface area contributed by atoms with Gasteiger partial charge in [0.05, 0.1) is 0 Å². The molecule has 0 aromatic heterocycles. The maximum absolute atomic E-state index is 11.3. The second kappa shape index (κ2) is 8.68. The van der Waals surface area contributed by atoms with E-state index in [0.29, 0.717) is 11.3 Å². The lowest BCUT2D eigenvalue weighted by atomic mass is 9.78. The molecule has 26 heavy (non-hydrogen) atoms. The van der Waals surface area contributed by atoms with Gasteiger partial charge in [-0.15, -0.1) is 0 Å². The van der Waals surface area contributed by atoms with Gasteiger partial charge in [-0.05, 0) is 30.2 Å². The third-order valence-corrected chi connectivity index (χ3v) is 4.27. The van der Waals surface area contributed by atoms with Gasteiger partial charge in [0.2, 0.25) is 0 Å². The van der Waals surface area contributed by atoms with Gasteiger partial charge in [0.15, 0.2) is 0 Å². The summed E-state index contributed by atoms with van der Waals surface area (Å²) in [6, 6.07) is 18.1. The first-order valence-corrected chi connectivity index (χ1v) is 8.60. The molecule has 138 valence electrons. The minimum atomic E-state index is -0.890. The number of hydrogen-bond acceptors (Lipinski definition) is 4. The van der Waals surface area contributed by atoms with Crippen molar-refractivity contribution in [2.24, 2.45) is 0 Å². The van der Waals surface area contributed by atoms with Crippen molar-refractivity contribution in [3.63, 3.8) is 0 Å². The lowest BCUT2D eigenvalue weighted by Gasteiger charge is -2.26. The minimum Gasteiger partial charge on any atom is -0.491 e. The Morgan fingerprint density at radius 2 is 1.62 bits per heavy atom. The molecular formula is C22H26O4. The van der Waals surface area contributed by atoms with Crippen molar-refractivity contribution in [3.8, 4) is 5.75 Å². The molecular weight excluding hydrogens is 328 g/mol. The van der Waals surface area contributed by atoms with Crippen molar-refractivity contribution in [1.82, 2.24) is 0 Å². The average Bonchev–Trinajstić information content (AvgIpc) is 2.65. The Morgan fingerprint density at radius 1 is 1.04 bits per heavy atom. The molecule has 2 aromatic carbocycles. The number of carbonyl (C=O) groups excluding carboxylic acids is 1. The Bertz CT molecular complexity index is 732. The van der Waals surface area contributed by atoms with Crippen molar-refractivity contribution in [1.29, 1.82) is 0 Å². The van der Waals surface area contributed by atoms with E-state index in [2.05, 4.69) is 32.6 Å². The molecule has 1 atom stereocenters. The Hall–Kier alpha value is -2.59. The zero-order chi connectivity index (χ0) is 19.2. The summed E-state index contributed by atoms with van der Waals surface area (Å²) in [4.78, 5) is 11.3. The Morgan fingerprint density at radius 3 is 2.19 bits per heavy atom. The van der Waals surface area contributed by atoms with Gasteiger partial charge in [-0.25, -0.2) is 4.79 Å². The van der Waals surface area contributed by atoms with E-state index < -0.39 is 12.1 Å². The number of hydrogen-bond donors (Lipinski definition) is 1. The smallest absolute Gasteiger partial charge is 0.333 e. The molecule has 2 rings (SSSR count). The SMILES string of the molecule is C=C(C)C(=O)OCC(O)COc1ccc(C(C)(C)c2ccccc2)cc1. The minimum absolute atomic E-state index is 0.0465. The highest BCUT2D eigenvalue weighted by molar-refractivity contribution is 5.86. The molecule has 0 aliphatic heterocycles. The van der Waals surface area contributed by atoms with Crippen LogP contribution in [0.5, 0.6) is 5.75 Å². The lowest BCUT2D eigenvalue weighted by Crippen LogP contribution is -2.25. The van der Waals surface area contributed by atoms with Gasteiger partial charge < -0.3 is 14.6 Å². The number of rotatable bonds is 8. The first-order valence-electron chi connectivity index (χ1n) is 8.60. The fourth-order valence-electron chi connectivity index (χ4n) is 2.52. The van der Waals surface area contributed by atoms with Gasteiger partial charge in [0, 0.05) is 11.0 Å². The fraction of sp³-hybridized carbons (Fsp3) is 0.318. The Labute approximate surface area is 155 Å². The van der Waals surface area contributed by atoms with E-state index in [-0.39, 0.29) is 18.6 Å². The molecule has 0 aliphatic rings. The second-order valence-corrected chi connectivity index (χ2v) is 6.86. The number of aliphatic hydroxyl groups excluding tert-OH is 1. The largest absolute Gasteiger partial charge is 0.491 e. The Balaban J connectivity index is 1.91. The highest BCUT2D eigenvalue weighted by Gasteiger charge is 2.22. The third-order valence-electron chi connectivity index (χ3n) is 4.27. The molecule has 1 N–H and O–H groups in total. The van der Waals surface area contributed by atoms with E-state index >= 15 is 0 Å². The highest BCUT2D eigenvalue weighted by atomic mass is 16.5. The van der Waals surface area contributed by atoms with Gasteiger partial charge >= 0.3 is 5.97 Å². The average molecular weight is 354 g/mol. The summed E-state index contributed by atoms with van der Waals surface area (Å²) in [6.07, 6.45) is -0.890. The van der Waals surface area contributed by atoms with Crippen LogP contribution in [0, 0.1) is 0 Å². The summed E-state index contributed by atoms with van der Waals surface area (Å²) in [7, 11) is 0. The van der Waals surface area contributed by atoms with E-state index in [1.807, 2.05) is 42.5 Å². The molecule has 0 spiro atoms. The van der Waals surface area contributed by atoms with Gasteiger partial charge in [-0.1, -0.05) is 62.9 Å².